The van der Waals surface area contributed by atoms with Gasteiger partial charge in [-0.05, 0) is 30.7 Å². The second-order valence-corrected chi connectivity index (χ2v) is 11.2. The Morgan fingerprint density at radius 2 is 1.56 bits per heavy atom. The monoisotopic (exact) mass is 634 g/mol. The quantitative estimate of drug-likeness (QED) is 0.130. The van der Waals surface area contributed by atoms with Gasteiger partial charge in [0.05, 0.1) is 22.7 Å². The molecule has 7 heteroatoms. The molecule has 0 saturated heterocycles. The van der Waals surface area contributed by atoms with Gasteiger partial charge in [0.15, 0.2) is 12.2 Å². The third-order valence-electron chi connectivity index (χ3n) is 6.94. The lowest BCUT2D eigenvalue weighted by molar-refractivity contribution is -0.689. The van der Waals surface area contributed by atoms with Gasteiger partial charge in [0, 0.05) is 18.1 Å². The summed E-state index contributed by atoms with van der Waals surface area (Å²) in [5.74, 6) is 0.454. The van der Waals surface area contributed by atoms with Gasteiger partial charge in [-0.3, -0.25) is 4.79 Å². The maximum atomic E-state index is 13.0. The van der Waals surface area contributed by atoms with Crippen LogP contribution in [0.5, 0.6) is 5.75 Å². The first kappa shape index (κ1) is 33.3. The number of nitrogens with one attached hydrogen (secondary N) is 1. The van der Waals surface area contributed by atoms with Crippen LogP contribution in [0, 0.1) is 6.92 Å². The fraction of sp³-hybridized carbons (Fsp3) is 0.500. The summed E-state index contributed by atoms with van der Waals surface area (Å²) in [5.41, 5.74) is 5.66. The summed E-state index contributed by atoms with van der Waals surface area (Å²) in [6, 6.07) is 13.2. The van der Waals surface area contributed by atoms with Crippen molar-refractivity contribution in [3.8, 4) is 5.75 Å². The van der Waals surface area contributed by atoms with Gasteiger partial charge in [0.25, 0.3) is 5.91 Å². The second-order valence-electron chi connectivity index (χ2n) is 10.1. The third kappa shape index (κ3) is 12.0. The van der Waals surface area contributed by atoms with E-state index in [9.17, 15) is 4.79 Å². The van der Waals surface area contributed by atoms with Crippen LogP contribution in [0.4, 0.5) is 5.69 Å². The lowest BCUT2D eigenvalue weighted by Crippen LogP contribution is -3.00. The van der Waals surface area contributed by atoms with Gasteiger partial charge in [-0.15, -0.1) is 0 Å². The highest BCUT2D eigenvalue weighted by Crippen LogP contribution is 2.27. The van der Waals surface area contributed by atoms with Crippen molar-refractivity contribution in [1.82, 2.24) is 0 Å². The van der Waals surface area contributed by atoms with Crippen molar-refractivity contribution >= 4 is 34.5 Å². The van der Waals surface area contributed by atoms with Gasteiger partial charge < -0.3 is 27.0 Å². The number of halogens is 2. The van der Waals surface area contributed by atoms with Gasteiger partial charge in [0.1, 0.15) is 5.75 Å². The van der Waals surface area contributed by atoms with Crippen molar-refractivity contribution in [1.29, 1.82) is 0 Å². The van der Waals surface area contributed by atoms with Crippen molar-refractivity contribution in [3.63, 3.8) is 0 Å². The molecule has 1 heterocycles. The molecule has 1 aromatic heterocycles. The van der Waals surface area contributed by atoms with Crippen molar-refractivity contribution in [2.24, 2.45) is 0 Å². The average molecular weight is 636 g/mol. The molecule has 3 rings (SSSR count). The van der Waals surface area contributed by atoms with E-state index in [4.69, 9.17) is 16.3 Å². The fourth-order valence-electron chi connectivity index (χ4n) is 4.56. The van der Waals surface area contributed by atoms with E-state index in [1.165, 1.54) is 76.3 Å². The average Bonchev–Trinajstić information content (AvgIpc) is 3.32. The predicted molar refractivity (Wildman–Crippen MR) is 161 cm³/mol. The van der Waals surface area contributed by atoms with Crippen LogP contribution in [0.15, 0.2) is 53.4 Å². The smallest absolute Gasteiger partial charge is 0.255 e. The van der Waals surface area contributed by atoms with Crippen LogP contribution < -0.4 is 31.6 Å². The Hall–Kier alpha value is -1.89. The minimum atomic E-state index is -0.182. The summed E-state index contributed by atoms with van der Waals surface area (Å²) in [6.07, 6.45) is 15.8. The Balaban J connectivity index is 0.00000533. The SMILES string of the molecule is CCCCCCCCCCCCCCOc1ccc(C(=O)Nc2ccccc2C[n+]2cscc2C)cc1Cl.[Br-]. The van der Waals surface area contributed by atoms with Crippen LogP contribution in [0.25, 0.3) is 0 Å². The lowest BCUT2D eigenvalue weighted by atomic mass is 10.1. The molecule has 4 nitrogen and oxygen atoms in total. The van der Waals surface area contributed by atoms with Crippen molar-refractivity contribution in [3.05, 3.63) is 75.2 Å². The molecular formula is C32H44BrClN2O2S. The number of hydrogen-bond donors (Lipinski definition) is 1. The minimum absolute atomic E-state index is 0. The van der Waals surface area contributed by atoms with E-state index in [0.717, 1.165) is 17.7 Å². The Morgan fingerprint density at radius 1 is 0.923 bits per heavy atom. The molecule has 1 amide bonds. The van der Waals surface area contributed by atoms with Crippen molar-refractivity contribution in [2.45, 2.75) is 97.4 Å². The number of ether oxygens (including phenoxy) is 1. The van der Waals surface area contributed by atoms with Crippen LogP contribution in [-0.4, -0.2) is 12.5 Å². The second kappa shape index (κ2) is 19.2. The van der Waals surface area contributed by atoms with Crippen molar-refractivity contribution in [2.75, 3.05) is 11.9 Å². The molecular weight excluding hydrogens is 592 g/mol. The summed E-state index contributed by atoms with van der Waals surface area (Å²) in [6.45, 7) is 5.71. The van der Waals surface area contributed by atoms with E-state index in [1.807, 2.05) is 24.3 Å². The number of hydrogen-bond acceptors (Lipinski definition) is 3. The maximum absolute atomic E-state index is 13.0. The molecule has 0 aliphatic rings. The molecule has 0 aliphatic carbocycles. The van der Waals surface area contributed by atoms with E-state index in [0.29, 0.717) is 29.5 Å². The normalized spacial score (nSPS) is 10.7. The molecule has 1 N–H and O–H groups in total. The number of unbranched alkanes of at least 4 members (excludes halogenated alkanes) is 11. The Labute approximate surface area is 254 Å². The Morgan fingerprint density at radius 3 is 2.18 bits per heavy atom. The predicted octanol–water partition coefficient (Wildman–Crippen LogP) is 6.38. The lowest BCUT2D eigenvalue weighted by Gasteiger charge is -2.11. The van der Waals surface area contributed by atoms with Gasteiger partial charge in [-0.2, -0.15) is 4.57 Å². The molecule has 39 heavy (non-hydrogen) atoms. The number of para-hydroxylation sites is 1. The molecule has 0 aliphatic heterocycles. The zero-order valence-electron chi connectivity index (χ0n) is 23.5. The Bertz CT molecular complexity index is 1120. The van der Waals surface area contributed by atoms with E-state index in [2.05, 4.69) is 34.6 Å². The fourth-order valence-corrected chi connectivity index (χ4v) is 5.57. The van der Waals surface area contributed by atoms with Crippen LogP contribution >= 0.6 is 22.9 Å². The molecule has 0 fully saturated rings. The highest BCUT2D eigenvalue weighted by molar-refractivity contribution is 7.07. The zero-order chi connectivity index (χ0) is 27.0. The molecule has 0 spiro atoms. The number of thiazole rings is 1. The number of benzene rings is 2. The molecule has 0 radical (unpaired) electrons. The van der Waals surface area contributed by atoms with Crippen LogP contribution in [-0.2, 0) is 6.54 Å². The number of amides is 1. The highest BCUT2D eigenvalue weighted by atomic mass is 79.9. The number of carbonyl (C=O) groups excluding carboxylic acids is 1. The van der Waals surface area contributed by atoms with Crippen LogP contribution in [0.1, 0.15) is 106 Å². The topological polar surface area (TPSA) is 42.2 Å². The first-order valence-electron chi connectivity index (χ1n) is 14.3. The van der Waals surface area contributed by atoms with E-state index in [-0.39, 0.29) is 22.9 Å². The van der Waals surface area contributed by atoms with Gasteiger partial charge in [0.2, 0.25) is 5.51 Å². The molecule has 2 aromatic carbocycles. The van der Waals surface area contributed by atoms with Crippen LogP contribution in [0.2, 0.25) is 5.02 Å². The van der Waals surface area contributed by atoms with Gasteiger partial charge in [-0.25, -0.2) is 0 Å². The summed E-state index contributed by atoms with van der Waals surface area (Å²) in [5, 5.41) is 5.64. The molecule has 3 aromatic rings. The number of anilines is 1. The van der Waals surface area contributed by atoms with E-state index in [1.54, 1.807) is 29.5 Å². The molecule has 0 bridgehead atoms. The number of carbonyl (C=O) groups is 1. The van der Waals surface area contributed by atoms with E-state index < -0.39 is 0 Å². The number of aromatic nitrogens is 1. The molecule has 0 atom stereocenters. The van der Waals surface area contributed by atoms with E-state index >= 15 is 0 Å². The zero-order valence-corrected chi connectivity index (χ0v) is 26.7. The summed E-state index contributed by atoms with van der Waals surface area (Å²) in [7, 11) is 0. The van der Waals surface area contributed by atoms with Crippen molar-refractivity contribution < 1.29 is 31.1 Å². The summed E-state index contributed by atoms with van der Waals surface area (Å²) in [4.78, 5) is 13.0. The number of nitrogens with zero attached hydrogens (tertiary/aromatic N) is 1. The largest absolute Gasteiger partial charge is 1.00 e. The number of aryl methyl sites for hydroxylation is 1. The van der Waals surface area contributed by atoms with Gasteiger partial charge >= 0.3 is 0 Å². The molecule has 214 valence electrons. The number of rotatable bonds is 18. The minimum Gasteiger partial charge on any atom is -1.00 e. The van der Waals surface area contributed by atoms with Crippen LogP contribution in [0.3, 0.4) is 0 Å². The molecule has 0 unspecified atom stereocenters. The molecule has 0 saturated carbocycles. The van der Waals surface area contributed by atoms with Gasteiger partial charge in [-0.1, -0.05) is 119 Å². The summed E-state index contributed by atoms with van der Waals surface area (Å²) >= 11 is 8.13. The first-order chi connectivity index (χ1) is 18.6. The highest BCUT2D eigenvalue weighted by Gasteiger charge is 2.15. The standard InChI is InChI=1S/C32H43ClN2O2S.BrH/c1-3-4-5-6-7-8-9-10-11-12-13-16-21-37-31-20-19-27(22-29(31)33)32(36)34-30-18-15-14-17-28(30)23-35-25-38-24-26(35)2;/h14-15,17-20,22,24-25H,3-13,16,21,23H2,1-2H3;1H. The Kier molecular flexibility index (Phi) is 16.4. The summed E-state index contributed by atoms with van der Waals surface area (Å²) < 4.78 is 8.08. The third-order valence-corrected chi connectivity index (χ3v) is 8.08. The first-order valence-corrected chi connectivity index (χ1v) is 15.6. The maximum Gasteiger partial charge on any atom is 0.255 e.